The molecule has 0 amide bonds. The molecule has 0 spiro atoms. The summed E-state index contributed by atoms with van der Waals surface area (Å²) in [4.78, 5) is 4.29. The van der Waals surface area contributed by atoms with E-state index in [2.05, 4.69) is 4.99 Å². The first-order valence-corrected chi connectivity index (χ1v) is 4.82. The quantitative estimate of drug-likeness (QED) is 0.696. The van der Waals surface area contributed by atoms with Gasteiger partial charge in [0.15, 0.2) is 0 Å². The Morgan fingerprint density at radius 1 is 1.50 bits per heavy atom. The second kappa shape index (κ2) is 3.63. The minimum absolute atomic E-state index is 0.880. The van der Waals surface area contributed by atoms with Crippen LogP contribution in [0.5, 0.6) is 0 Å². The van der Waals surface area contributed by atoms with Crippen LogP contribution in [0, 0.1) is 0 Å². The predicted octanol–water partition coefficient (Wildman–Crippen LogP) is 2.44. The molecule has 0 saturated carbocycles. The van der Waals surface area contributed by atoms with Crippen molar-refractivity contribution in [2.75, 3.05) is 12.3 Å². The molecule has 0 fully saturated rings. The highest BCUT2D eigenvalue weighted by Gasteiger charge is 2.02. The van der Waals surface area contributed by atoms with E-state index in [4.69, 9.17) is 4.42 Å². The van der Waals surface area contributed by atoms with Crippen LogP contribution in [0.25, 0.3) is 6.08 Å². The molecule has 2 heterocycles. The molecule has 0 unspecified atom stereocenters. The van der Waals surface area contributed by atoms with Gasteiger partial charge in [-0.2, -0.15) is 0 Å². The van der Waals surface area contributed by atoms with Gasteiger partial charge in [0.2, 0.25) is 0 Å². The first-order chi connectivity index (χ1) is 5.95. The van der Waals surface area contributed by atoms with Gasteiger partial charge in [-0.05, 0) is 24.3 Å². The van der Waals surface area contributed by atoms with Crippen molar-refractivity contribution in [3.05, 3.63) is 30.2 Å². The zero-order chi connectivity index (χ0) is 8.23. The van der Waals surface area contributed by atoms with Crippen molar-refractivity contribution in [1.82, 2.24) is 0 Å². The molecule has 3 heteroatoms. The molecule has 1 aliphatic heterocycles. The second-order valence-electron chi connectivity index (χ2n) is 2.42. The minimum Gasteiger partial charge on any atom is -0.465 e. The summed E-state index contributed by atoms with van der Waals surface area (Å²) in [6.45, 7) is 0.947. The smallest absolute Gasteiger partial charge is 0.126 e. The van der Waals surface area contributed by atoms with Crippen molar-refractivity contribution in [1.29, 1.82) is 0 Å². The summed E-state index contributed by atoms with van der Waals surface area (Å²) in [5.41, 5.74) is 0. The highest BCUT2D eigenvalue weighted by molar-refractivity contribution is 8.14. The minimum atomic E-state index is 0.880. The highest BCUT2D eigenvalue weighted by Crippen LogP contribution is 2.13. The van der Waals surface area contributed by atoms with Gasteiger partial charge in [0, 0.05) is 12.3 Å². The van der Waals surface area contributed by atoms with E-state index in [9.17, 15) is 0 Å². The van der Waals surface area contributed by atoms with Gasteiger partial charge >= 0.3 is 0 Å². The van der Waals surface area contributed by atoms with Crippen LogP contribution < -0.4 is 0 Å². The third kappa shape index (κ3) is 1.80. The van der Waals surface area contributed by atoms with Gasteiger partial charge in [-0.15, -0.1) is 11.8 Å². The van der Waals surface area contributed by atoms with Gasteiger partial charge in [0.25, 0.3) is 0 Å². The van der Waals surface area contributed by atoms with Crippen LogP contribution in [0.2, 0.25) is 0 Å². The molecule has 0 atom stereocenters. The third-order valence-electron chi connectivity index (χ3n) is 1.54. The monoisotopic (exact) mass is 179 g/mol. The summed E-state index contributed by atoms with van der Waals surface area (Å²) in [7, 11) is 0. The standard InChI is InChI=1S/C9H9NOS/c1-2-8(11-6-1)3-4-9-10-5-7-12-9/h1-4,6H,5,7H2/b4-3-. The number of furan rings is 1. The van der Waals surface area contributed by atoms with Crippen molar-refractivity contribution in [3.63, 3.8) is 0 Å². The van der Waals surface area contributed by atoms with Gasteiger partial charge in [-0.3, -0.25) is 4.99 Å². The molecule has 2 rings (SSSR count). The van der Waals surface area contributed by atoms with Crippen LogP contribution in [0.1, 0.15) is 5.76 Å². The zero-order valence-corrected chi connectivity index (χ0v) is 7.38. The summed E-state index contributed by atoms with van der Waals surface area (Å²) < 4.78 is 5.14. The van der Waals surface area contributed by atoms with Crippen molar-refractivity contribution >= 4 is 22.9 Å². The van der Waals surface area contributed by atoms with Crippen LogP contribution in [-0.4, -0.2) is 17.3 Å². The summed E-state index contributed by atoms with van der Waals surface area (Å²) in [6, 6.07) is 3.81. The fraction of sp³-hybridized carbons (Fsp3) is 0.222. The lowest BCUT2D eigenvalue weighted by atomic mass is 10.4. The second-order valence-corrected chi connectivity index (χ2v) is 3.53. The fourth-order valence-electron chi connectivity index (χ4n) is 0.992. The third-order valence-corrected chi connectivity index (χ3v) is 2.49. The van der Waals surface area contributed by atoms with Crippen molar-refractivity contribution < 1.29 is 4.42 Å². The molecular formula is C9H9NOS. The number of aliphatic imine (C=N–C) groups is 1. The topological polar surface area (TPSA) is 25.5 Å². The molecule has 1 aromatic heterocycles. The highest BCUT2D eigenvalue weighted by atomic mass is 32.2. The van der Waals surface area contributed by atoms with Crippen LogP contribution in [0.15, 0.2) is 33.9 Å². The summed E-state index contributed by atoms with van der Waals surface area (Å²) >= 11 is 1.79. The van der Waals surface area contributed by atoms with Gasteiger partial charge < -0.3 is 4.42 Å². The molecule has 62 valence electrons. The Bertz CT molecular complexity index is 300. The molecule has 0 bridgehead atoms. The molecule has 0 aliphatic carbocycles. The van der Waals surface area contributed by atoms with E-state index in [-0.39, 0.29) is 0 Å². The Morgan fingerprint density at radius 3 is 3.17 bits per heavy atom. The molecule has 2 nitrogen and oxygen atoms in total. The normalized spacial score (nSPS) is 17.2. The molecule has 12 heavy (non-hydrogen) atoms. The van der Waals surface area contributed by atoms with Crippen molar-refractivity contribution in [2.24, 2.45) is 4.99 Å². The van der Waals surface area contributed by atoms with E-state index in [1.54, 1.807) is 18.0 Å². The van der Waals surface area contributed by atoms with Crippen LogP contribution in [-0.2, 0) is 0 Å². The molecule has 1 aromatic rings. The van der Waals surface area contributed by atoms with Gasteiger partial charge in [0.05, 0.1) is 11.3 Å². The van der Waals surface area contributed by atoms with Crippen LogP contribution in [0.3, 0.4) is 0 Å². The van der Waals surface area contributed by atoms with Gasteiger partial charge in [-0.1, -0.05) is 0 Å². The lowest BCUT2D eigenvalue weighted by molar-refractivity contribution is 0.557. The summed E-state index contributed by atoms with van der Waals surface area (Å²) in [6.07, 6.45) is 5.61. The Balaban J connectivity index is 2.02. The lowest BCUT2D eigenvalue weighted by Crippen LogP contribution is -1.77. The lowest BCUT2D eigenvalue weighted by Gasteiger charge is -1.86. The molecule has 0 aromatic carbocycles. The van der Waals surface area contributed by atoms with Gasteiger partial charge in [0.1, 0.15) is 5.76 Å². The number of hydrogen-bond donors (Lipinski definition) is 0. The van der Waals surface area contributed by atoms with E-state index in [0.29, 0.717) is 0 Å². The van der Waals surface area contributed by atoms with Gasteiger partial charge in [-0.25, -0.2) is 0 Å². The summed E-state index contributed by atoms with van der Waals surface area (Å²) in [5, 5.41) is 1.10. The van der Waals surface area contributed by atoms with E-state index >= 15 is 0 Å². The number of thioether (sulfide) groups is 1. The fourth-order valence-corrected chi connectivity index (χ4v) is 1.73. The molecule has 0 radical (unpaired) electrons. The van der Waals surface area contributed by atoms with Crippen molar-refractivity contribution in [2.45, 2.75) is 0 Å². The maximum absolute atomic E-state index is 5.14. The van der Waals surface area contributed by atoms with Crippen molar-refractivity contribution in [3.8, 4) is 0 Å². The Hall–Kier alpha value is -0.960. The molecule has 0 N–H and O–H groups in total. The maximum atomic E-state index is 5.14. The van der Waals surface area contributed by atoms with Crippen LogP contribution in [0.4, 0.5) is 0 Å². The summed E-state index contributed by atoms with van der Waals surface area (Å²) in [5.74, 6) is 1.99. The first kappa shape index (κ1) is 7.68. The molecular weight excluding hydrogens is 170 g/mol. The SMILES string of the molecule is C(=C/c1ccco1)/C1=NCCS1. The Morgan fingerprint density at radius 2 is 2.50 bits per heavy atom. The average Bonchev–Trinajstić information content (AvgIpc) is 2.74. The van der Waals surface area contributed by atoms with Crippen LogP contribution >= 0.6 is 11.8 Å². The Labute approximate surface area is 75.4 Å². The predicted molar refractivity (Wildman–Crippen MR) is 52.5 cm³/mol. The largest absolute Gasteiger partial charge is 0.465 e. The number of nitrogens with zero attached hydrogens (tertiary/aromatic N) is 1. The average molecular weight is 179 g/mol. The zero-order valence-electron chi connectivity index (χ0n) is 6.56. The van der Waals surface area contributed by atoms with E-state index < -0.39 is 0 Å². The van der Waals surface area contributed by atoms with E-state index in [1.165, 1.54) is 0 Å². The number of hydrogen-bond acceptors (Lipinski definition) is 3. The van der Waals surface area contributed by atoms with E-state index in [1.807, 2.05) is 24.3 Å². The van der Waals surface area contributed by atoms with E-state index in [0.717, 1.165) is 23.1 Å². The molecule has 1 aliphatic rings. The maximum Gasteiger partial charge on any atom is 0.126 e. The number of rotatable bonds is 2. The first-order valence-electron chi connectivity index (χ1n) is 3.84. The molecule has 0 saturated heterocycles. The Kier molecular flexibility index (Phi) is 2.32.